The van der Waals surface area contributed by atoms with Crippen molar-refractivity contribution < 1.29 is 23.9 Å². The molecular weight excluding hydrogens is 460 g/mol. The fraction of sp³-hybridized carbons (Fsp3) is 0.333. The lowest BCUT2D eigenvalue weighted by Crippen LogP contribution is -2.32. The van der Waals surface area contributed by atoms with Crippen LogP contribution in [0.25, 0.3) is 0 Å². The Morgan fingerprint density at radius 1 is 1.08 bits per heavy atom. The van der Waals surface area contributed by atoms with Gasteiger partial charge in [0.25, 0.3) is 0 Å². The number of carboxylic acids is 1. The van der Waals surface area contributed by atoms with Gasteiger partial charge in [0, 0.05) is 0 Å². The lowest BCUT2D eigenvalue weighted by Gasteiger charge is -2.21. The fourth-order valence-electron chi connectivity index (χ4n) is 3.84. The van der Waals surface area contributed by atoms with Gasteiger partial charge in [0.15, 0.2) is 0 Å². The first-order valence-corrected chi connectivity index (χ1v) is 11.8. The largest absolute Gasteiger partial charge is 0.481 e. The summed E-state index contributed by atoms with van der Waals surface area (Å²) in [6.45, 7) is 7.48. The van der Waals surface area contributed by atoms with Crippen molar-refractivity contribution in [1.82, 2.24) is 10.3 Å². The number of nitrogens with zero attached hydrogens (tertiary/aromatic N) is 2. The number of hydrogen-bond acceptors (Lipinski definition) is 5. The zero-order chi connectivity index (χ0) is 26.4. The second-order valence-electron chi connectivity index (χ2n) is 9.27. The molecule has 2 atom stereocenters. The van der Waals surface area contributed by atoms with Crippen LogP contribution in [0.1, 0.15) is 61.9 Å². The molecule has 0 radical (unpaired) electrons. The van der Waals surface area contributed by atoms with Crippen molar-refractivity contribution in [2.24, 2.45) is 11.7 Å². The summed E-state index contributed by atoms with van der Waals surface area (Å²) in [5.41, 5.74) is 8.63. The zero-order valence-electron chi connectivity index (χ0n) is 20.9. The molecule has 0 aliphatic carbocycles. The number of rotatable bonds is 10. The first-order valence-electron chi connectivity index (χ1n) is 11.8. The van der Waals surface area contributed by atoms with Crippen molar-refractivity contribution in [2.45, 2.75) is 52.5 Å². The summed E-state index contributed by atoms with van der Waals surface area (Å²) in [6, 6.07) is 13.4. The van der Waals surface area contributed by atoms with E-state index in [9.17, 15) is 19.5 Å². The lowest BCUT2D eigenvalue weighted by atomic mass is 10.0. The quantitative estimate of drug-likeness (QED) is 0.370. The van der Waals surface area contributed by atoms with E-state index in [1.807, 2.05) is 39.0 Å². The highest BCUT2D eigenvalue weighted by molar-refractivity contribution is 5.98. The molecule has 3 aromatic rings. The topological polar surface area (TPSA) is 139 Å². The van der Waals surface area contributed by atoms with Crippen LogP contribution >= 0.6 is 0 Å². The number of oxazole rings is 1. The highest BCUT2D eigenvalue weighted by Crippen LogP contribution is 2.27. The standard InChI is InChI=1S/C27H32N4O5/c1-16(2)12-22(25-29-15-23(36-25)18(4)26(33)34)30-24(32)14-19-8-10-20(11-9-19)31(27(28)35)21-7-5-6-17(3)13-21/h5-11,13,15-16,18,22H,12,14H2,1-4H3,(H2,28,35)(H,30,32)(H,33,34). The molecule has 1 heterocycles. The Kier molecular flexibility index (Phi) is 8.47. The van der Waals surface area contributed by atoms with Crippen molar-refractivity contribution in [3.8, 4) is 0 Å². The minimum Gasteiger partial charge on any atom is -0.481 e. The Labute approximate surface area is 210 Å². The minimum atomic E-state index is -1.01. The van der Waals surface area contributed by atoms with Gasteiger partial charge >= 0.3 is 12.0 Å². The molecule has 3 rings (SSSR count). The third-order valence-electron chi connectivity index (χ3n) is 5.72. The van der Waals surface area contributed by atoms with E-state index in [1.165, 1.54) is 18.0 Å². The summed E-state index contributed by atoms with van der Waals surface area (Å²) in [6.07, 6.45) is 2.08. The molecule has 2 aromatic carbocycles. The molecule has 9 nitrogen and oxygen atoms in total. The number of amides is 3. The van der Waals surface area contributed by atoms with Gasteiger partial charge in [-0.2, -0.15) is 0 Å². The van der Waals surface area contributed by atoms with Gasteiger partial charge in [-0.25, -0.2) is 9.78 Å². The van der Waals surface area contributed by atoms with Gasteiger partial charge in [-0.3, -0.25) is 14.5 Å². The second-order valence-corrected chi connectivity index (χ2v) is 9.27. The average molecular weight is 493 g/mol. The van der Waals surface area contributed by atoms with Gasteiger partial charge < -0.3 is 20.6 Å². The van der Waals surface area contributed by atoms with Crippen LogP contribution in [-0.2, 0) is 16.0 Å². The van der Waals surface area contributed by atoms with Crippen LogP contribution in [-0.4, -0.2) is 28.0 Å². The highest BCUT2D eigenvalue weighted by atomic mass is 16.4. The van der Waals surface area contributed by atoms with Gasteiger partial charge in [-0.1, -0.05) is 38.1 Å². The van der Waals surface area contributed by atoms with Crippen molar-refractivity contribution in [2.75, 3.05) is 4.90 Å². The van der Waals surface area contributed by atoms with Crippen LogP contribution in [0.4, 0.5) is 16.2 Å². The number of nitrogens with two attached hydrogens (primary N) is 1. The van der Waals surface area contributed by atoms with Gasteiger partial charge in [-0.15, -0.1) is 0 Å². The smallest absolute Gasteiger partial charge is 0.323 e. The maximum absolute atomic E-state index is 12.9. The number of urea groups is 1. The molecule has 0 saturated heterocycles. The maximum Gasteiger partial charge on any atom is 0.323 e. The molecule has 0 bridgehead atoms. The Morgan fingerprint density at radius 2 is 1.78 bits per heavy atom. The molecule has 36 heavy (non-hydrogen) atoms. The van der Waals surface area contributed by atoms with Gasteiger partial charge in [-0.05, 0) is 61.6 Å². The molecule has 3 amide bonds. The predicted molar refractivity (Wildman–Crippen MR) is 136 cm³/mol. The number of aliphatic carboxylic acids is 1. The lowest BCUT2D eigenvalue weighted by molar-refractivity contribution is -0.138. The van der Waals surface area contributed by atoms with Crippen LogP contribution in [0.15, 0.2) is 59.1 Å². The van der Waals surface area contributed by atoms with Gasteiger partial charge in [0.1, 0.15) is 17.7 Å². The Balaban J connectivity index is 1.72. The van der Waals surface area contributed by atoms with Gasteiger partial charge in [0.2, 0.25) is 11.8 Å². The summed E-state index contributed by atoms with van der Waals surface area (Å²) in [5.74, 6) is -1.31. The average Bonchev–Trinajstić information content (AvgIpc) is 3.29. The number of carbonyl (C=O) groups excluding carboxylic acids is 2. The summed E-state index contributed by atoms with van der Waals surface area (Å²) < 4.78 is 5.68. The molecular formula is C27H32N4O5. The maximum atomic E-state index is 12.9. The monoisotopic (exact) mass is 492 g/mol. The van der Waals surface area contributed by atoms with Crippen molar-refractivity contribution in [3.05, 3.63) is 77.5 Å². The van der Waals surface area contributed by atoms with E-state index in [4.69, 9.17) is 10.2 Å². The Morgan fingerprint density at radius 3 is 2.36 bits per heavy atom. The van der Waals surface area contributed by atoms with E-state index < -0.39 is 24.0 Å². The summed E-state index contributed by atoms with van der Waals surface area (Å²) >= 11 is 0. The van der Waals surface area contributed by atoms with Gasteiger partial charge in [0.05, 0.1) is 24.0 Å². The number of aryl methyl sites for hydroxylation is 1. The number of aromatic nitrogens is 1. The molecule has 0 aliphatic heterocycles. The van der Waals surface area contributed by atoms with E-state index >= 15 is 0 Å². The van der Waals surface area contributed by atoms with Crippen molar-refractivity contribution in [1.29, 1.82) is 0 Å². The van der Waals surface area contributed by atoms with Crippen molar-refractivity contribution in [3.63, 3.8) is 0 Å². The molecule has 4 N–H and O–H groups in total. The van der Waals surface area contributed by atoms with Crippen LogP contribution in [0, 0.1) is 12.8 Å². The Bertz CT molecular complexity index is 1220. The normalized spacial score (nSPS) is 12.7. The highest BCUT2D eigenvalue weighted by Gasteiger charge is 2.25. The molecule has 0 spiro atoms. The molecule has 0 fully saturated rings. The third kappa shape index (κ3) is 6.71. The SMILES string of the molecule is Cc1cccc(N(C(N)=O)c2ccc(CC(=O)NC(CC(C)C)c3ncc(C(C)C(=O)O)o3)cc2)c1. The number of primary amides is 1. The number of carbonyl (C=O) groups is 3. The summed E-state index contributed by atoms with van der Waals surface area (Å²) in [7, 11) is 0. The number of anilines is 2. The first kappa shape index (κ1) is 26.5. The number of benzene rings is 2. The van der Waals surface area contributed by atoms with Crippen LogP contribution in [0.5, 0.6) is 0 Å². The van der Waals surface area contributed by atoms with Crippen LogP contribution < -0.4 is 16.0 Å². The van der Waals surface area contributed by atoms with E-state index in [0.717, 1.165) is 11.1 Å². The number of hydrogen-bond donors (Lipinski definition) is 3. The third-order valence-corrected chi connectivity index (χ3v) is 5.72. The van der Waals surface area contributed by atoms with Crippen LogP contribution in [0.2, 0.25) is 0 Å². The van der Waals surface area contributed by atoms with E-state index in [1.54, 1.807) is 30.3 Å². The fourth-order valence-corrected chi connectivity index (χ4v) is 3.84. The number of carboxylic acid groups (broad SMARTS) is 1. The Hall–Kier alpha value is -4.14. The predicted octanol–water partition coefficient (Wildman–Crippen LogP) is 4.83. The van der Waals surface area contributed by atoms with Crippen molar-refractivity contribution >= 4 is 29.3 Å². The molecule has 1 aromatic heterocycles. The minimum absolute atomic E-state index is 0.106. The van der Waals surface area contributed by atoms with E-state index in [2.05, 4.69) is 10.3 Å². The van der Waals surface area contributed by atoms with E-state index in [0.29, 0.717) is 17.8 Å². The molecule has 0 aliphatic rings. The molecule has 190 valence electrons. The first-order chi connectivity index (χ1) is 17.0. The molecule has 9 heteroatoms. The van der Waals surface area contributed by atoms with E-state index in [-0.39, 0.29) is 29.9 Å². The number of nitrogens with one attached hydrogen (secondary N) is 1. The summed E-state index contributed by atoms with van der Waals surface area (Å²) in [5, 5.41) is 12.2. The zero-order valence-corrected chi connectivity index (χ0v) is 20.9. The van der Waals surface area contributed by atoms with Crippen LogP contribution in [0.3, 0.4) is 0 Å². The summed E-state index contributed by atoms with van der Waals surface area (Å²) in [4.78, 5) is 41.9. The second kappa shape index (κ2) is 11.5. The molecule has 0 saturated carbocycles. The molecule has 2 unspecified atom stereocenters.